The number of aliphatic hydroxyl groups excluding tert-OH is 1. The van der Waals surface area contributed by atoms with Crippen molar-refractivity contribution in [2.75, 3.05) is 6.54 Å². The summed E-state index contributed by atoms with van der Waals surface area (Å²) < 4.78 is 0. The fraction of sp³-hybridized carbons (Fsp3) is 0.103. The molecule has 5 N–H and O–H groups in total. The number of aliphatic hydroxyl groups is 1. The summed E-state index contributed by atoms with van der Waals surface area (Å²) in [4.78, 5) is 26.5. The molecule has 3 heterocycles. The van der Waals surface area contributed by atoms with E-state index in [0.717, 1.165) is 34.5 Å². The first-order valence-electron chi connectivity index (χ1n) is 11.7. The van der Waals surface area contributed by atoms with Crippen molar-refractivity contribution < 1.29 is 15.6 Å². The molecule has 5 rings (SSSR count). The lowest BCUT2D eigenvalue weighted by Gasteiger charge is -2.15. The van der Waals surface area contributed by atoms with Crippen LogP contribution in [0.15, 0.2) is 97.5 Å². The lowest BCUT2D eigenvalue weighted by molar-refractivity contribution is -0.386. The molecule has 0 aliphatic rings. The fourth-order valence-corrected chi connectivity index (χ4v) is 4.13. The van der Waals surface area contributed by atoms with Crippen molar-refractivity contribution >= 4 is 16.8 Å². The molecule has 0 bridgehead atoms. The molecule has 0 aliphatic carbocycles. The molecule has 7 heteroatoms. The van der Waals surface area contributed by atoms with Gasteiger partial charge in [0.2, 0.25) is 0 Å². The van der Waals surface area contributed by atoms with Gasteiger partial charge in [0.1, 0.15) is 5.69 Å². The minimum atomic E-state index is -0.872. The quantitative estimate of drug-likeness (QED) is 0.332. The first-order valence-corrected chi connectivity index (χ1v) is 11.7. The Labute approximate surface area is 208 Å². The largest absolute Gasteiger partial charge is 0.387 e. The van der Waals surface area contributed by atoms with Gasteiger partial charge in [-0.2, -0.15) is 0 Å². The average molecular weight is 477 g/mol. The smallest absolute Gasteiger partial charge is 0.270 e. The van der Waals surface area contributed by atoms with E-state index in [9.17, 15) is 9.90 Å². The molecule has 1 atom stereocenters. The Kier molecular flexibility index (Phi) is 6.75. The Hall–Kier alpha value is -4.46. The van der Waals surface area contributed by atoms with Crippen molar-refractivity contribution in [3.63, 3.8) is 0 Å². The number of fused-ring (bicyclic) bond motifs is 1. The topological polar surface area (TPSA) is 116 Å². The van der Waals surface area contributed by atoms with Gasteiger partial charge in [-0.1, -0.05) is 60.7 Å². The van der Waals surface area contributed by atoms with Gasteiger partial charge < -0.3 is 16.2 Å². The van der Waals surface area contributed by atoms with Crippen molar-refractivity contribution in [3.05, 3.63) is 114 Å². The molecule has 2 aromatic carbocycles. The van der Waals surface area contributed by atoms with Gasteiger partial charge in [-0.25, -0.2) is 4.98 Å². The molecule has 7 nitrogen and oxygen atoms in total. The van der Waals surface area contributed by atoms with Crippen LogP contribution in [0.25, 0.3) is 33.3 Å². The summed E-state index contributed by atoms with van der Waals surface area (Å²) in [5.41, 5.74) is 10.4. The number of pyridine rings is 3. The monoisotopic (exact) mass is 476 g/mol. The van der Waals surface area contributed by atoms with E-state index in [1.54, 1.807) is 36.8 Å². The van der Waals surface area contributed by atoms with E-state index in [4.69, 9.17) is 4.98 Å². The van der Waals surface area contributed by atoms with Crippen LogP contribution in [0, 0.1) is 0 Å². The van der Waals surface area contributed by atoms with Gasteiger partial charge >= 0.3 is 0 Å². The van der Waals surface area contributed by atoms with E-state index < -0.39 is 6.10 Å². The Balaban J connectivity index is 1.54. The predicted molar refractivity (Wildman–Crippen MR) is 139 cm³/mol. The van der Waals surface area contributed by atoms with Gasteiger partial charge in [-0.15, -0.1) is 0 Å². The normalized spacial score (nSPS) is 11.8. The highest BCUT2D eigenvalue weighted by molar-refractivity contribution is 6.06. The number of quaternary nitrogens is 1. The van der Waals surface area contributed by atoms with Gasteiger partial charge in [0.05, 0.1) is 23.9 Å². The number of carbonyl (C=O) groups is 1. The maximum atomic E-state index is 13.1. The van der Waals surface area contributed by atoms with Gasteiger partial charge in [-0.3, -0.25) is 14.8 Å². The highest BCUT2D eigenvalue weighted by atomic mass is 16.3. The third kappa shape index (κ3) is 4.84. The molecule has 0 fully saturated rings. The van der Waals surface area contributed by atoms with E-state index in [2.05, 4.69) is 45.3 Å². The van der Waals surface area contributed by atoms with Crippen LogP contribution in [0.4, 0.5) is 0 Å². The van der Waals surface area contributed by atoms with Crippen LogP contribution < -0.4 is 11.1 Å². The number of carbonyl (C=O) groups excluding carboxylic acids is 1. The number of hydrogen-bond donors (Lipinski definition) is 3. The lowest BCUT2D eigenvalue weighted by Crippen LogP contribution is -2.47. The zero-order chi connectivity index (χ0) is 24.9. The Morgan fingerprint density at radius 3 is 2.47 bits per heavy atom. The molecule has 0 aliphatic heterocycles. The number of aromatic nitrogens is 3. The van der Waals surface area contributed by atoms with Crippen LogP contribution in [0.1, 0.15) is 27.7 Å². The van der Waals surface area contributed by atoms with E-state index in [-0.39, 0.29) is 18.1 Å². The van der Waals surface area contributed by atoms with Crippen molar-refractivity contribution in [1.29, 1.82) is 0 Å². The zero-order valence-corrected chi connectivity index (χ0v) is 19.6. The number of nitrogens with one attached hydrogen (secondary N) is 1. The van der Waals surface area contributed by atoms with Crippen LogP contribution in [0.2, 0.25) is 0 Å². The second-order valence-electron chi connectivity index (χ2n) is 8.44. The first-order chi connectivity index (χ1) is 17.6. The summed E-state index contributed by atoms with van der Waals surface area (Å²) in [5.74, 6) is -0.378. The average Bonchev–Trinajstić information content (AvgIpc) is 2.95. The van der Waals surface area contributed by atoms with Crippen molar-refractivity contribution in [3.8, 4) is 22.4 Å². The molecule has 178 valence electrons. The van der Waals surface area contributed by atoms with Gasteiger partial charge in [0, 0.05) is 52.8 Å². The molecule has 5 aromatic rings. The van der Waals surface area contributed by atoms with Crippen molar-refractivity contribution in [1.82, 2.24) is 20.3 Å². The fourth-order valence-electron chi connectivity index (χ4n) is 4.13. The summed E-state index contributed by atoms with van der Waals surface area (Å²) in [5, 5.41) is 13.9. The second kappa shape index (κ2) is 10.4. The van der Waals surface area contributed by atoms with Crippen LogP contribution in [-0.2, 0) is 6.54 Å². The van der Waals surface area contributed by atoms with Gasteiger partial charge in [-0.05, 0) is 23.8 Å². The molecule has 0 saturated carbocycles. The number of benzene rings is 2. The summed E-state index contributed by atoms with van der Waals surface area (Å²) >= 11 is 0. The molecule has 0 radical (unpaired) electrons. The van der Waals surface area contributed by atoms with Crippen LogP contribution in [0.3, 0.4) is 0 Å². The van der Waals surface area contributed by atoms with Crippen LogP contribution >= 0.6 is 0 Å². The van der Waals surface area contributed by atoms with Crippen LogP contribution in [0.5, 0.6) is 0 Å². The third-order valence-electron chi connectivity index (χ3n) is 6.08. The maximum absolute atomic E-state index is 13.1. The summed E-state index contributed by atoms with van der Waals surface area (Å²) in [6.07, 6.45) is 3.92. The molecule has 0 saturated heterocycles. The molecule has 3 aromatic heterocycles. The van der Waals surface area contributed by atoms with Crippen molar-refractivity contribution in [2.45, 2.75) is 12.6 Å². The minimum Gasteiger partial charge on any atom is -0.387 e. The summed E-state index contributed by atoms with van der Waals surface area (Å²) in [7, 11) is 0. The second-order valence-corrected chi connectivity index (χ2v) is 8.44. The van der Waals surface area contributed by atoms with E-state index in [1.165, 1.54) is 0 Å². The number of amides is 1. The SMILES string of the molecule is [NH3+]Cc1ccc(-c2nc3ccnc(C(=O)NCC(O)c4cccnc4)c3cc2-c2ccccc2)cc1. The van der Waals surface area contributed by atoms with E-state index in [0.29, 0.717) is 16.5 Å². The molecular weight excluding hydrogens is 450 g/mol. The molecule has 1 amide bonds. The highest BCUT2D eigenvalue weighted by Crippen LogP contribution is 2.34. The number of hydrogen-bond acceptors (Lipinski definition) is 5. The lowest BCUT2D eigenvalue weighted by atomic mass is 9.96. The maximum Gasteiger partial charge on any atom is 0.270 e. The predicted octanol–water partition coefficient (Wildman–Crippen LogP) is 3.56. The summed E-state index contributed by atoms with van der Waals surface area (Å²) in [6.45, 7) is 0.759. The standard InChI is InChI=1S/C29H25N5O2/c30-16-19-8-10-21(11-9-19)27-23(20-5-2-1-3-6-20)15-24-25(34-27)12-14-32-28(24)29(36)33-18-26(35)22-7-4-13-31-17-22/h1-15,17,26,35H,16,18,30H2,(H,33,36)/p+1. The van der Waals surface area contributed by atoms with Crippen LogP contribution in [-0.4, -0.2) is 32.5 Å². The number of rotatable bonds is 7. The van der Waals surface area contributed by atoms with Gasteiger partial charge in [0.15, 0.2) is 0 Å². The molecule has 1 unspecified atom stereocenters. The minimum absolute atomic E-state index is 0.0400. The first kappa shape index (κ1) is 23.3. The Morgan fingerprint density at radius 1 is 0.944 bits per heavy atom. The highest BCUT2D eigenvalue weighted by Gasteiger charge is 2.18. The molecular formula is C29H26N5O2+. The molecule has 36 heavy (non-hydrogen) atoms. The third-order valence-corrected chi connectivity index (χ3v) is 6.08. The zero-order valence-electron chi connectivity index (χ0n) is 19.6. The Morgan fingerprint density at radius 2 is 1.75 bits per heavy atom. The van der Waals surface area contributed by atoms with E-state index in [1.807, 2.05) is 36.4 Å². The van der Waals surface area contributed by atoms with Crippen molar-refractivity contribution in [2.24, 2.45) is 0 Å². The Bertz CT molecular complexity index is 1490. The summed E-state index contributed by atoms with van der Waals surface area (Å²) in [6, 6.07) is 25.5. The number of nitrogens with zero attached hydrogens (tertiary/aromatic N) is 3. The van der Waals surface area contributed by atoms with E-state index >= 15 is 0 Å². The molecule has 0 spiro atoms. The van der Waals surface area contributed by atoms with Gasteiger partial charge in [0.25, 0.3) is 5.91 Å².